The number of hydrogen-bond acceptors (Lipinski definition) is 3. The Morgan fingerprint density at radius 1 is 1.07 bits per heavy atom. The molecule has 28 heavy (non-hydrogen) atoms. The smallest absolute Gasteiger partial charge is 0.253 e. The van der Waals surface area contributed by atoms with E-state index in [0.717, 1.165) is 11.1 Å². The Balaban J connectivity index is 1.32. The molecule has 0 saturated heterocycles. The van der Waals surface area contributed by atoms with Gasteiger partial charge < -0.3 is 14.5 Å². The Morgan fingerprint density at radius 2 is 1.89 bits per heavy atom. The maximum atomic E-state index is 13.6. The van der Waals surface area contributed by atoms with Crippen molar-refractivity contribution >= 4 is 11.4 Å². The number of nitrogens with one attached hydrogen (secondary N) is 1. The first kappa shape index (κ1) is 17.7. The fraction of sp³-hybridized carbons (Fsp3) is 0.0909. The SMILES string of the molecule is O=C(NCc1ccc(OCc2ccccc2F)cc1)c1ccc2cncn2c1. The number of benzene rings is 2. The van der Waals surface area contributed by atoms with Crippen molar-refractivity contribution in [2.75, 3.05) is 0 Å². The normalized spacial score (nSPS) is 10.8. The molecule has 4 aromatic rings. The number of halogens is 1. The number of hydrogen-bond donors (Lipinski definition) is 1. The van der Waals surface area contributed by atoms with Gasteiger partial charge >= 0.3 is 0 Å². The predicted molar refractivity (Wildman–Crippen MR) is 104 cm³/mol. The lowest BCUT2D eigenvalue weighted by atomic mass is 10.2. The van der Waals surface area contributed by atoms with Crippen molar-refractivity contribution in [3.05, 3.63) is 102 Å². The van der Waals surface area contributed by atoms with Gasteiger partial charge in [-0.05, 0) is 35.9 Å². The molecule has 0 aliphatic carbocycles. The number of ether oxygens (including phenoxy) is 1. The van der Waals surface area contributed by atoms with Crippen molar-refractivity contribution in [2.24, 2.45) is 0 Å². The summed E-state index contributed by atoms with van der Waals surface area (Å²) in [6.45, 7) is 0.563. The summed E-state index contributed by atoms with van der Waals surface area (Å²) in [6, 6.07) is 17.5. The van der Waals surface area contributed by atoms with Crippen molar-refractivity contribution in [3.63, 3.8) is 0 Å². The quantitative estimate of drug-likeness (QED) is 0.555. The van der Waals surface area contributed by atoms with Crippen LogP contribution >= 0.6 is 0 Å². The molecule has 0 aliphatic rings. The van der Waals surface area contributed by atoms with Gasteiger partial charge in [-0.15, -0.1) is 0 Å². The maximum Gasteiger partial charge on any atom is 0.253 e. The monoisotopic (exact) mass is 375 g/mol. The molecule has 140 valence electrons. The van der Waals surface area contributed by atoms with E-state index >= 15 is 0 Å². The summed E-state index contributed by atoms with van der Waals surface area (Å²) in [5.74, 6) is 0.204. The highest BCUT2D eigenvalue weighted by molar-refractivity contribution is 5.94. The van der Waals surface area contributed by atoms with Crippen LogP contribution in [0.25, 0.3) is 5.52 Å². The van der Waals surface area contributed by atoms with E-state index in [2.05, 4.69) is 10.3 Å². The maximum absolute atomic E-state index is 13.6. The average Bonchev–Trinajstić information content (AvgIpc) is 3.20. The highest BCUT2D eigenvalue weighted by Crippen LogP contribution is 2.16. The van der Waals surface area contributed by atoms with Gasteiger partial charge in [0.05, 0.1) is 23.6 Å². The molecule has 4 rings (SSSR count). The number of carbonyl (C=O) groups excluding carboxylic acids is 1. The molecule has 0 spiro atoms. The van der Waals surface area contributed by atoms with Crippen LogP contribution in [0.3, 0.4) is 0 Å². The minimum absolute atomic E-state index is 0.157. The second-order valence-electron chi connectivity index (χ2n) is 6.35. The third kappa shape index (κ3) is 4.01. The van der Waals surface area contributed by atoms with Crippen LogP contribution in [0.1, 0.15) is 21.5 Å². The zero-order valence-corrected chi connectivity index (χ0v) is 15.0. The number of fused-ring (bicyclic) bond motifs is 1. The molecule has 6 heteroatoms. The Bertz CT molecular complexity index is 1110. The summed E-state index contributed by atoms with van der Waals surface area (Å²) in [7, 11) is 0. The Labute approximate surface area is 161 Å². The van der Waals surface area contributed by atoms with Gasteiger partial charge in [-0.1, -0.05) is 30.3 Å². The molecule has 1 N–H and O–H groups in total. The summed E-state index contributed by atoms with van der Waals surface area (Å²) >= 11 is 0. The topological polar surface area (TPSA) is 55.6 Å². The van der Waals surface area contributed by atoms with Crippen molar-refractivity contribution in [3.8, 4) is 5.75 Å². The first-order valence-corrected chi connectivity index (χ1v) is 8.84. The largest absolute Gasteiger partial charge is 0.489 e. The number of carbonyl (C=O) groups is 1. The molecule has 0 unspecified atom stereocenters. The van der Waals surface area contributed by atoms with Crippen molar-refractivity contribution in [1.29, 1.82) is 0 Å². The van der Waals surface area contributed by atoms with Crippen molar-refractivity contribution in [1.82, 2.24) is 14.7 Å². The van der Waals surface area contributed by atoms with Crippen LogP contribution < -0.4 is 10.1 Å². The van der Waals surface area contributed by atoms with Gasteiger partial charge in [0.1, 0.15) is 18.2 Å². The van der Waals surface area contributed by atoms with Gasteiger partial charge in [-0.25, -0.2) is 9.37 Å². The Morgan fingerprint density at radius 3 is 2.71 bits per heavy atom. The van der Waals surface area contributed by atoms with E-state index in [4.69, 9.17) is 4.74 Å². The molecule has 1 amide bonds. The Hall–Kier alpha value is -3.67. The van der Waals surface area contributed by atoms with E-state index in [1.54, 1.807) is 59.5 Å². The van der Waals surface area contributed by atoms with Crippen LogP contribution in [0.15, 0.2) is 79.4 Å². The molecule has 2 aromatic heterocycles. The van der Waals surface area contributed by atoms with E-state index in [9.17, 15) is 9.18 Å². The van der Waals surface area contributed by atoms with E-state index in [0.29, 0.717) is 23.4 Å². The molecule has 2 heterocycles. The zero-order chi connectivity index (χ0) is 19.3. The van der Waals surface area contributed by atoms with E-state index < -0.39 is 0 Å². The summed E-state index contributed by atoms with van der Waals surface area (Å²) in [6.07, 6.45) is 5.14. The van der Waals surface area contributed by atoms with Crippen LogP contribution in [-0.2, 0) is 13.2 Å². The van der Waals surface area contributed by atoms with E-state index in [1.165, 1.54) is 6.07 Å². The van der Waals surface area contributed by atoms with Gasteiger partial charge in [0.15, 0.2) is 0 Å². The van der Waals surface area contributed by atoms with Crippen LogP contribution in [0.5, 0.6) is 5.75 Å². The van der Waals surface area contributed by atoms with Gasteiger partial charge in [-0.2, -0.15) is 0 Å². The fourth-order valence-corrected chi connectivity index (χ4v) is 2.82. The second-order valence-corrected chi connectivity index (χ2v) is 6.35. The van der Waals surface area contributed by atoms with Crippen LogP contribution in [0.2, 0.25) is 0 Å². The third-order valence-corrected chi connectivity index (χ3v) is 4.40. The van der Waals surface area contributed by atoms with Crippen molar-refractivity contribution < 1.29 is 13.9 Å². The van der Waals surface area contributed by atoms with Crippen LogP contribution in [0, 0.1) is 5.82 Å². The predicted octanol–water partition coefficient (Wildman–Crippen LogP) is 3.98. The van der Waals surface area contributed by atoms with Crippen LogP contribution in [0.4, 0.5) is 4.39 Å². The number of aromatic nitrogens is 2. The number of imidazole rings is 1. The highest BCUT2D eigenvalue weighted by atomic mass is 19.1. The fourth-order valence-electron chi connectivity index (χ4n) is 2.82. The minimum Gasteiger partial charge on any atom is -0.489 e. The second kappa shape index (κ2) is 7.92. The molecule has 5 nitrogen and oxygen atoms in total. The lowest BCUT2D eigenvalue weighted by Crippen LogP contribution is -2.23. The van der Waals surface area contributed by atoms with Crippen LogP contribution in [-0.4, -0.2) is 15.3 Å². The molecular weight excluding hydrogens is 357 g/mol. The highest BCUT2D eigenvalue weighted by Gasteiger charge is 2.07. The average molecular weight is 375 g/mol. The molecular formula is C22H18FN3O2. The molecule has 0 bridgehead atoms. The summed E-state index contributed by atoms with van der Waals surface area (Å²) < 4.78 is 21.0. The third-order valence-electron chi connectivity index (χ3n) is 4.40. The molecule has 0 atom stereocenters. The van der Waals surface area contributed by atoms with Crippen molar-refractivity contribution in [2.45, 2.75) is 13.2 Å². The molecule has 2 aromatic carbocycles. The number of pyridine rings is 1. The van der Waals surface area contributed by atoms with E-state index in [-0.39, 0.29) is 18.3 Å². The lowest BCUT2D eigenvalue weighted by Gasteiger charge is -2.09. The molecule has 0 fully saturated rings. The lowest BCUT2D eigenvalue weighted by molar-refractivity contribution is 0.0950. The van der Waals surface area contributed by atoms with Gasteiger partial charge in [0, 0.05) is 18.3 Å². The molecule has 0 aliphatic heterocycles. The van der Waals surface area contributed by atoms with Gasteiger partial charge in [-0.3, -0.25) is 4.79 Å². The first-order valence-electron chi connectivity index (χ1n) is 8.84. The number of nitrogens with zero attached hydrogens (tertiary/aromatic N) is 2. The van der Waals surface area contributed by atoms with E-state index in [1.807, 2.05) is 18.2 Å². The zero-order valence-electron chi connectivity index (χ0n) is 15.0. The first-order chi connectivity index (χ1) is 13.7. The summed E-state index contributed by atoms with van der Waals surface area (Å²) in [4.78, 5) is 16.4. The summed E-state index contributed by atoms with van der Waals surface area (Å²) in [5.41, 5.74) is 2.95. The standard InChI is InChI=1S/C22H18FN3O2/c23-21-4-2-1-3-18(21)14-28-20-9-5-16(6-10-20)11-25-22(27)17-7-8-19-12-24-15-26(19)13-17/h1-10,12-13,15H,11,14H2,(H,25,27). The van der Waals surface area contributed by atoms with Gasteiger partial charge in [0.2, 0.25) is 0 Å². The number of rotatable bonds is 6. The summed E-state index contributed by atoms with van der Waals surface area (Å²) in [5, 5.41) is 2.89. The number of amides is 1. The molecule has 0 radical (unpaired) electrons. The van der Waals surface area contributed by atoms with Gasteiger partial charge in [0.25, 0.3) is 5.91 Å². The minimum atomic E-state index is -0.282. The Kier molecular flexibility index (Phi) is 5.01. The molecule has 0 saturated carbocycles.